The fourth-order valence-corrected chi connectivity index (χ4v) is 116. The van der Waals surface area contributed by atoms with Gasteiger partial charge in [0.15, 0.2) is 125 Å². The normalized spacial score (nSPS) is 16.4. The zero-order valence-electron chi connectivity index (χ0n) is 96.6. The fraction of sp³-hybridized carbons (Fsp3) is 1.00. The van der Waals surface area contributed by atoms with Crippen molar-refractivity contribution in [2.75, 3.05) is 66.1 Å². The molecule has 0 radical (unpaired) electrons. The van der Waals surface area contributed by atoms with Crippen molar-refractivity contribution < 1.29 is 123 Å². The van der Waals surface area contributed by atoms with E-state index in [-0.39, 0.29) is 26.4 Å². The maximum Gasteiger partial charge on any atom is 0.469 e. The van der Waals surface area contributed by atoms with Crippen LogP contribution in [-0.4, -0.2) is 326 Å². The summed E-state index contributed by atoms with van der Waals surface area (Å²) in [4.78, 5) is 0. The lowest BCUT2D eigenvalue weighted by atomic mass is 10.1. The Hall–Kier alpha value is 4.09. The van der Waals surface area contributed by atoms with Gasteiger partial charge in [0.2, 0.25) is 0 Å². The zero-order valence-corrected chi connectivity index (χ0v) is 121. The average molecular weight is 2320 g/mol. The first-order chi connectivity index (χ1) is 59.1. The Morgan fingerprint density at radius 2 is 0.276 bits per heavy atom. The average Bonchev–Trinajstić information content (AvgIpc) is 0.805. The molecule has 0 aromatic rings. The molecular weight excluding hydrogens is 2110 g/mol. The van der Waals surface area contributed by atoms with Crippen molar-refractivity contribution >= 4 is 203 Å². The predicted octanol–water partition coefficient (Wildman–Crippen LogP) is 23.6. The van der Waals surface area contributed by atoms with Crippen molar-refractivity contribution in [3.05, 3.63) is 0 Å². The molecular formula is C82H216O28Si24. The SMILES string of the molecule is C[Si](C)(C)O[Si](C)(C)O[Si](C)(C)O[Si](C)(C)CCCOC(CO)C(OCCC[Si](C)(C)O[Si](C)(C)O[Si](C)(C)O[Si](C)(C)C)C(CO)OCCC[Si](C)(C)O[Si](C)(C)O[Si](C)(C)O[Si](C)(C)C.C[Si](C)(C)O[Si](CCCOC(CO)C(OCCC[Si](O[Si](C)(C)C)(O[Si](C)(C)C)O[Si](C)(C)C)C(CO)OCCC[Si](O[Si](C)(C)C)(O[Si](C)(C)C)O[Si](C)(C)C)(O[Si](C)(C)C)O[Si](C)(C)C. The summed E-state index contributed by atoms with van der Waals surface area (Å²) in [5.41, 5.74) is 0. The molecule has 0 aromatic heterocycles. The highest BCUT2D eigenvalue weighted by molar-refractivity contribution is 6.95. The van der Waals surface area contributed by atoms with Gasteiger partial charge in [-0.05, 0) is 410 Å². The van der Waals surface area contributed by atoms with Crippen molar-refractivity contribution in [1.82, 2.24) is 0 Å². The molecule has 808 valence electrons. The number of hydrogen-bond acceptors (Lipinski definition) is 28. The summed E-state index contributed by atoms with van der Waals surface area (Å²) in [6, 6.07) is 4.35. The Bertz CT molecular complexity index is 2960. The summed E-state index contributed by atoms with van der Waals surface area (Å²) in [5, 5.41) is 43.8. The number of ether oxygens (including phenoxy) is 6. The lowest BCUT2D eigenvalue weighted by Crippen LogP contribution is -2.60. The van der Waals surface area contributed by atoms with Gasteiger partial charge >= 0.3 is 77.8 Å². The van der Waals surface area contributed by atoms with Gasteiger partial charge in [0.1, 0.15) is 36.6 Å². The Kier molecular flexibility index (Phi) is 59.0. The summed E-state index contributed by atoms with van der Waals surface area (Å²) in [5.74, 6) is 0. The van der Waals surface area contributed by atoms with E-state index in [1.165, 1.54) is 0 Å². The molecule has 134 heavy (non-hydrogen) atoms. The molecule has 0 aliphatic carbocycles. The second-order valence-corrected chi connectivity index (χ2v) is 152. The van der Waals surface area contributed by atoms with Crippen LogP contribution in [0, 0.1) is 0 Å². The molecule has 4 atom stereocenters. The van der Waals surface area contributed by atoms with E-state index in [4.69, 9.17) is 102 Å². The first-order valence-corrected chi connectivity index (χ1v) is 123. The van der Waals surface area contributed by atoms with Crippen LogP contribution < -0.4 is 0 Å². The minimum atomic E-state index is -3.14. The van der Waals surface area contributed by atoms with Crippen LogP contribution in [0.5, 0.6) is 0 Å². The molecule has 28 nitrogen and oxygen atoms in total. The highest BCUT2D eigenvalue weighted by atomic mass is 28.5. The van der Waals surface area contributed by atoms with Gasteiger partial charge in [0.25, 0.3) is 0 Å². The molecule has 0 saturated carbocycles. The fourth-order valence-electron chi connectivity index (χ4n) is 16.8. The van der Waals surface area contributed by atoms with Crippen molar-refractivity contribution in [3.8, 4) is 0 Å². The van der Waals surface area contributed by atoms with Gasteiger partial charge in [0.05, 0.1) is 26.4 Å². The van der Waals surface area contributed by atoms with Crippen LogP contribution in [0.2, 0.25) is 390 Å². The molecule has 52 heteroatoms. The van der Waals surface area contributed by atoms with E-state index < -0.39 is 239 Å². The highest BCUT2D eigenvalue weighted by Crippen LogP contribution is 2.38. The Morgan fingerprint density at radius 1 is 0.149 bits per heavy atom. The van der Waals surface area contributed by atoms with E-state index in [2.05, 4.69) is 354 Å². The van der Waals surface area contributed by atoms with Gasteiger partial charge in [0, 0.05) is 57.8 Å². The van der Waals surface area contributed by atoms with Gasteiger partial charge in [-0.2, -0.15) is 0 Å². The third kappa shape index (κ3) is 73.3. The van der Waals surface area contributed by atoms with E-state index in [9.17, 15) is 20.4 Å². The quantitative estimate of drug-likeness (QED) is 0.0325. The zero-order chi connectivity index (χ0) is 106. The molecule has 0 bridgehead atoms. The lowest BCUT2D eigenvalue weighted by molar-refractivity contribution is -0.159. The number of hydrogen-bond donors (Lipinski definition) is 4. The second kappa shape index (κ2) is 56.4. The molecule has 0 aliphatic heterocycles. The standard InChI is InChI=1S/2C41H108O14Si12/c1-56(2,3)47-62(16,17)53-65(22,23)50-59(10,11)34-28-31-44-39(37-42)41(46-33-30-36-61(14,15)52-67(26,27)55-64(20,21)49-58(7,8)9)40(38-43)45-32-29-35-60(12,13)51-66(24,25)54-63(18,19)48-57(4,5)6;1-56(2,3)47-65(48-57(4,5)6,49-58(7,8)9)34-28-31-44-39(37-42)41(46-33-30-36-67(53-62(19,20)21,54-63(22,23)24)55-64(25,26)27)40(38-43)45-32-29-35-66(50-59(10,11)12,51-60(13,14)15)52-61(16,17)18/h2*39-43H,28-38H2,1-27H3. The van der Waals surface area contributed by atoms with Gasteiger partial charge in [-0.1, -0.05) is 0 Å². The van der Waals surface area contributed by atoms with E-state index in [1.807, 2.05) is 0 Å². The van der Waals surface area contributed by atoms with E-state index in [0.717, 1.165) is 37.4 Å². The minimum absolute atomic E-state index is 0.277. The summed E-state index contributed by atoms with van der Waals surface area (Å²) in [7, 11) is -54.4. The smallest absolute Gasteiger partial charge is 0.437 e. The monoisotopic (exact) mass is 2320 g/mol. The Balaban J connectivity index is 0. The van der Waals surface area contributed by atoms with Crippen molar-refractivity contribution in [2.24, 2.45) is 0 Å². The summed E-state index contributed by atoms with van der Waals surface area (Å²) >= 11 is 0. The van der Waals surface area contributed by atoms with Crippen LogP contribution in [0.1, 0.15) is 38.5 Å². The van der Waals surface area contributed by atoms with Crippen LogP contribution in [0.15, 0.2) is 0 Å². The molecule has 0 rings (SSSR count). The number of aliphatic hydroxyl groups excluding tert-OH is 4. The number of rotatable bonds is 74. The Labute approximate surface area is 849 Å². The molecule has 0 amide bonds. The van der Waals surface area contributed by atoms with Gasteiger partial charge in [-0.25, -0.2) is 0 Å². The van der Waals surface area contributed by atoms with Crippen molar-refractivity contribution in [1.29, 1.82) is 0 Å². The second-order valence-electron chi connectivity index (χ2n) is 52.6. The van der Waals surface area contributed by atoms with E-state index in [1.54, 1.807) is 0 Å². The molecule has 0 aromatic carbocycles. The van der Waals surface area contributed by atoms with E-state index >= 15 is 0 Å². The summed E-state index contributed by atoms with van der Waals surface area (Å²) < 4.78 is 162. The molecule has 4 unspecified atom stereocenters. The van der Waals surface area contributed by atoms with Crippen LogP contribution in [-0.2, 0) is 102 Å². The highest BCUT2D eigenvalue weighted by Gasteiger charge is 2.55. The first-order valence-electron chi connectivity index (χ1n) is 49.8. The van der Waals surface area contributed by atoms with Crippen LogP contribution >= 0.6 is 0 Å². The minimum Gasteiger partial charge on any atom is -0.437 e. The largest absolute Gasteiger partial charge is 0.469 e. The van der Waals surface area contributed by atoms with Gasteiger partial charge < -0.3 is 123 Å². The molecule has 4 N–H and O–H groups in total. The maximum absolute atomic E-state index is 11.1. The topological polar surface area (TPSA) is 302 Å². The third-order valence-electron chi connectivity index (χ3n) is 17.6. The van der Waals surface area contributed by atoms with Gasteiger partial charge in [-0.15, -0.1) is 0 Å². The predicted molar refractivity (Wildman–Crippen MR) is 618 cm³/mol. The summed E-state index contributed by atoms with van der Waals surface area (Å²) in [6.07, 6.45) is -0.468. The van der Waals surface area contributed by atoms with Crippen LogP contribution in [0.25, 0.3) is 0 Å². The summed E-state index contributed by atoms with van der Waals surface area (Å²) in [6.45, 7) is 118. The maximum atomic E-state index is 11.1. The molecule has 0 saturated heterocycles. The molecule has 0 aliphatic rings. The Morgan fingerprint density at radius 3 is 0.410 bits per heavy atom. The van der Waals surface area contributed by atoms with E-state index in [0.29, 0.717) is 77.0 Å². The number of aliphatic hydroxyl groups is 4. The molecule has 0 fully saturated rings. The molecule has 0 heterocycles. The lowest BCUT2D eigenvalue weighted by Gasteiger charge is -2.43. The molecule has 0 spiro atoms. The van der Waals surface area contributed by atoms with Gasteiger partial charge in [-0.3, -0.25) is 0 Å². The van der Waals surface area contributed by atoms with Crippen LogP contribution in [0.3, 0.4) is 0 Å². The van der Waals surface area contributed by atoms with Crippen molar-refractivity contribution in [3.63, 3.8) is 0 Å². The van der Waals surface area contributed by atoms with Crippen molar-refractivity contribution in [2.45, 2.75) is 465 Å². The third-order valence-corrected chi connectivity index (χ3v) is 96.0. The van der Waals surface area contributed by atoms with Crippen LogP contribution in [0.4, 0.5) is 0 Å². The first kappa shape index (κ1) is 140.